The fraction of sp³-hybridized carbons (Fsp3) is 0.158. The SMILES string of the molecule is CN(C)Cc1cccc2cccc([Si](=S)c3ccccc3)c12. The van der Waals surface area contributed by atoms with Crippen LogP contribution in [0.2, 0.25) is 0 Å². The molecule has 0 aliphatic rings. The van der Waals surface area contributed by atoms with Crippen LogP contribution >= 0.6 is 11.6 Å². The van der Waals surface area contributed by atoms with Crippen LogP contribution in [0.3, 0.4) is 0 Å². The first-order chi connectivity index (χ1) is 10.7. The molecule has 0 atom stereocenters. The van der Waals surface area contributed by atoms with Crippen molar-refractivity contribution in [3.05, 3.63) is 72.3 Å². The monoisotopic (exact) mass is 321 g/mol. The Bertz CT molecular complexity index is 807. The van der Waals surface area contributed by atoms with E-state index in [9.17, 15) is 0 Å². The molecule has 110 valence electrons. The van der Waals surface area contributed by atoms with Crippen molar-refractivity contribution < 1.29 is 0 Å². The third-order valence-corrected chi connectivity index (χ3v) is 6.89. The molecule has 0 radical (unpaired) electrons. The molecule has 0 saturated carbocycles. The maximum Gasteiger partial charge on any atom is 0.163 e. The second-order valence-electron chi connectivity index (χ2n) is 5.75. The summed E-state index contributed by atoms with van der Waals surface area (Å²) in [7, 11) is 3.06. The molecule has 0 aliphatic heterocycles. The zero-order chi connectivity index (χ0) is 15.5. The van der Waals surface area contributed by atoms with E-state index in [1.807, 2.05) is 0 Å². The first-order valence-electron chi connectivity index (χ1n) is 7.42. The summed E-state index contributed by atoms with van der Waals surface area (Å²) in [5.41, 5.74) is 1.36. The van der Waals surface area contributed by atoms with E-state index in [0.29, 0.717) is 0 Å². The molecule has 0 fully saturated rings. The molecular formula is C19H19NSSi. The molecule has 3 aromatic carbocycles. The topological polar surface area (TPSA) is 3.24 Å². The Morgan fingerprint density at radius 2 is 1.55 bits per heavy atom. The third-order valence-electron chi connectivity index (χ3n) is 3.76. The number of rotatable bonds is 4. The second-order valence-corrected chi connectivity index (χ2v) is 8.75. The summed E-state index contributed by atoms with van der Waals surface area (Å²) >= 11 is 5.96. The summed E-state index contributed by atoms with van der Waals surface area (Å²) in [4.78, 5) is 2.21. The van der Waals surface area contributed by atoms with Gasteiger partial charge in [-0.2, -0.15) is 0 Å². The van der Waals surface area contributed by atoms with E-state index in [1.165, 1.54) is 26.7 Å². The lowest BCUT2D eigenvalue weighted by Gasteiger charge is -2.15. The number of benzene rings is 3. The van der Waals surface area contributed by atoms with Crippen LogP contribution in [-0.2, 0) is 6.54 Å². The molecule has 0 unspecified atom stereocenters. The number of hydrogen-bond donors (Lipinski definition) is 0. The van der Waals surface area contributed by atoms with E-state index in [4.69, 9.17) is 11.6 Å². The van der Waals surface area contributed by atoms with Gasteiger partial charge in [-0.05, 0) is 40.8 Å². The van der Waals surface area contributed by atoms with Crippen LogP contribution in [0, 0.1) is 0 Å². The van der Waals surface area contributed by atoms with Crippen LogP contribution in [0.1, 0.15) is 5.56 Å². The molecule has 0 aromatic heterocycles. The Kier molecular flexibility index (Phi) is 4.57. The highest BCUT2D eigenvalue weighted by molar-refractivity contribution is 7.91. The van der Waals surface area contributed by atoms with Crippen LogP contribution in [0.4, 0.5) is 0 Å². The molecule has 3 aromatic rings. The second kappa shape index (κ2) is 6.61. The first kappa shape index (κ1) is 15.2. The Hall–Kier alpha value is -1.68. The van der Waals surface area contributed by atoms with Crippen molar-refractivity contribution in [3.8, 4) is 0 Å². The lowest BCUT2D eigenvalue weighted by atomic mass is 10.0. The van der Waals surface area contributed by atoms with Crippen LogP contribution in [-0.4, -0.2) is 26.5 Å². The van der Waals surface area contributed by atoms with Crippen LogP contribution in [0.15, 0.2) is 66.7 Å². The first-order valence-corrected chi connectivity index (χ1v) is 10.1. The summed E-state index contributed by atoms with van der Waals surface area (Å²) in [5.74, 6) is 0. The summed E-state index contributed by atoms with van der Waals surface area (Å²) in [6.07, 6.45) is 0. The van der Waals surface area contributed by atoms with E-state index in [0.717, 1.165) is 6.54 Å². The van der Waals surface area contributed by atoms with Gasteiger partial charge in [0.1, 0.15) is 0 Å². The van der Waals surface area contributed by atoms with Gasteiger partial charge in [0.2, 0.25) is 0 Å². The minimum absolute atomic E-state index is 0.938. The largest absolute Gasteiger partial charge is 0.305 e. The minimum atomic E-state index is -1.16. The minimum Gasteiger partial charge on any atom is -0.305 e. The normalized spacial score (nSPS) is 11.0. The van der Waals surface area contributed by atoms with Gasteiger partial charge in [-0.15, -0.1) is 11.6 Å². The summed E-state index contributed by atoms with van der Waals surface area (Å²) < 4.78 is 0. The average Bonchev–Trinajstić information content (AvgIpc) is 2.54. The highest BCUT2D eigenvalue weighted by Crippen LogP contribution is 2.18. The van der Waals surface area contributed by atoms with Crippen LogP contribution < -0.4 is 10.4 Å². The van der Waals surface area contributed by atoms with Gasteiger partial charge < -0.3 is 4.90 Å². The van der Waals surface area contributed by atoms with Crippen molar-refractivity contribution in [3.63, 3.8) is 0 Å². The molecule has 0 heterocycles. The lowest BCUT2D eigenvalue weighted by molar-refractivity contribution is 0.404. The molecule has 3 heteroatoms. The van der Waals surface area contributed by atoms with Gasteiger partial charge in [-0.3, -0.25) is 0 Å². The van der Waals surface area contributed by atoms with Crippen LogP contribution in [0.5, 0.6) is 0 Å². The van der Waals surface area contributed by atoms with Crippen LogP contribution in [0.25, 0.3) is 10.8 Å². The third kappa shape index (κ3) is 3.07. The number of fused-ring (bicyclic) bond motifs is 1. The summed E-state index contributed by atoms with van der Waals surface area (Å²) in [5, 5.41) is 5.27. The molecule has 3 rings (SSSR count). The van der Waals surface area contributed by atoms with Gasteiger partial charge in [0.05, 0.1) is 0 Å². The number of nitrogens with zero attached hydrogens (tertiary/aromatic N) is 1. The highest BCUT2D eigenvalue weighted by Gasteiger charge is 2.13. The number of hydrogen-bond acceptors (Lipinski definition) is 2. The van der Waals surface area contributed by atoms with Crippen molar-refractivity contribution in [2.75, 3.05) is 14.1 Å². The van der Waals surface area contributed by atoms with E-state index in [-0.39, 0.29) is 0 Å². The Morgan fingerprint density at radius 3 is 2.23 bits per heavy atom. The van der Waals surface area contributed by atoms with Crippen molar-refractivity contribution in [1.29, 1.82) is 0 Å². The molecule has 1 nitrogen and oxygen atoms in total. The van der Waals surface area contributed by atoms with Gasteiger partial charge in [-0.25, -0.2) is 0 Å². The molecule has 0 N–H and O–H groups in total. The lowest BCUT2D eigenvalue weighted by Crippen LogP contribution is -2.33. The predicted octanol–water partition coefficient (Wildman–Crippen LogP) is 3.20. The molecule has 0 bridgehead atoms. The molecule has 0 aliphatic carbocycles. The van der Waals surface area contributed by atoms with E-state index >= 15 is 0 Å². The van der Waals surface area contributed by atoms with Crippen molar-refractivity contribution >= 4 is 40.3 Å². The predicted molar refractivity (Wildman–Crippen MR) is 100 cm³/mol. The average molecular weight is 322 g/mol. The Morgan fingerprint density at radius 1 is 0.864 bits per heavy atom. The fourth-order valence-electron chi connectivity index (χ4n) is 2.83. The van der Waals surface area contributed by atoms with Gasteiger partial charge in [0.25, 0.3) is 0 Å². The molecular weight excluding hydrogens is 302 g/mol. The van der Waals surface area contributed by atoms with Crippen molar-refractivity contribution in [2.24, 2.45) is 0 Å². The van der Waals surface area contributed by atoms with E-state index < -0.39 is 7.50 Å². The fourth-order valence-corrected chi connectivity index (χ4v) is 5.33. The zero-order valence-corrected chi connectivity index (χ0v) is 14.7. The smallest absolute Gasteiger partial charge is 0.163 e. The highest BCUT2D eigenvalue weighted by atomic mass is 32.2. The van der Waals surface area contributed by atoms with Crippen molar-refractivity contribution in [1.82, 2.24) is 4.90 Å². The van der Waals surface area contributed by atoms with Crippen molar-refractivity contribution in [2.45, 2.75) is 6.54 Å². The quantitative estimate of drug-likeness (QED) is 0.679. The maximum atomic E-state index is 5.96. The van der Waals surface area contributed by atoms with Gasteiger partial charge >= 0.3 is 0 Å². The molecule has 22 heavy (non-hydrogen) atoms. The Balaban J connectivity index is 2.19. The summed E-state index contributed by atoms with van der Waals surface area (Å²) in [6.45, 7) is 0.938. The standard InChI is InChI=1S/C19H19NSSi/c1-20(2)14-16-10-6-8-15-9-7-13-18(19(15)16)22(21)17-11-4-3-5-12-17/h3-13H,14H2,1-2H3. The van der Waals surface area contributed by atoms with E-state index in [2.05, 4.69) is 85.7 Å². The van der Waals surface area contributed by atoms with Gasteiger partial charge in [0, 0.05) is 6.54 Å². The molecule has 0 spiro atoms. The maximum absolute atomic E-state index is 5.96. The molecule has 0 amide bonds. The summed E-state index contributed by atoms with van der Waals surface area (Å²) in [6, 6.07) is 23.6. The van der Waals surface area contributed by atoms with E-state index in [1.54, 1.807) is 0 Å². The van der Waals surface area contributed by atoms with Gasteiger partial charge in [0.15, 0.2) is 7.50 Å². The zero-order valence-electron chi connectivity index (χ0n) is 12.9. The Labute approximate surface area is 138 Å². The van der Waals surface area contributed by atoms with Gasteiger partial charge in [-0.1, -0.05) is 66.7 Å². The molecule has 0 saturated heterocycles.